The van der Waals surface area contributed by atoms with Crippen LogP contribution in [0.4, 0.5) is 0 Å². The fourth-order valence-corrected chi connectivity index (χ4v) is 3.91. The van der Waals surface area contributed by atoms with Gasteiger partial charge < -0.3 is 47.4 Å². The minimum absolute atomic E-state index is 0.187. The van der Waals surface area contributed by atoms with E-state index in [1.165, 1.54) is 13.8 Å². The fourth-order valence-electron chi connectivity index (χ4n) is 3.91. The summed E-state index contributed by atoms with van der Waals surface area (Å²) < 4.78 is 50.4. The number of hydrogen-bond donors (Lipinski definition) is 0. The van der Waals surface area contributed by atoms with Crippen molar-refractivity contribution >= 4 is 47.8 Å². The van der Waals surface area contributed by atoms with Crippen LogP contribution in [0.2, 0.25) is 0 Å². The van der Waals surface area contributed by atoms with Gasteiger partial charge in [0, 0.05) is 55.4 Å². The smallest absolute Gasteiger partial charge is 0.305 e. The van der Waals surface area contributed by atoms with Gasteiger partial charge in [-0.15, -0.1) is 0 Å². The van der Waals surface area contributed by atoms with E-state index >= 15 is 0 Å². The highest BCUT2D eigenvalue weighted by Gasteiger charge is 2.51. The Bertz CT molecular complexity index is 1020. The van der Waals surface area contributed by atoms with Crippen LogP contribution in [0.25, 0.3) is 0 Å². The lowest BCUT2D eigenvalue weighted by Crippen LogP contribution is -2.58. The molecule has 2 aliphatic rings. The first kappa shape index (κ1) is 37.7. The Labute approximate surface area is 251 Å². The normalized spacial score (nSPS) is 27.2. The number of ether oxygens (including phenoxy) is 10. The lowest BCUT2D eigenvalue weighted by Gasteiger charge is -2.39. The molecule has 0 radical (unpaired) electrons. The highest BCUT2D eigenvalue weighted by atomic mass is 16.8. The molecule has 8 atom stereocenters. The predicted molar refractivity (Wildman–Crippen MR) is 136 cm³/mol. The molecule has 2 fully saturated rings. The summed E-state index contributed by atoms with van der Waals surface area (Å²) in [6, 6.07) is 0. The number of esters is 8. The van der Waals surface area contributed by atoms with E-state index in [1.54, 1.807) is 0 Å². The van der Waals surface area contributed by atoms with Gasteiger partial charge in [0.1, 0.15) is 12.7 Å². The number of carbonyl (C=O) groups excluding carboxylic acids is 8. The zero-order valence-corrected chi connectivity index (χ0v) is 25.4. The SMILES string of the molecule is CC(=O)OC1OC[C@@H](OC(C)=O)[C@@H](OC(C)=O)[C@@H]1OC(C)=O.CC(=O)OC[C@@H]1OC(OC(C)=O)[C@H](OC(C)=O)[C@H]1OC(C)=O. The Morgan fingerprint density at radius 1 is 0.477 bits per heavy atom. The first-order chi connectivity index (χ1) is 20.4. The minimum atomic E-state index is -1.27. The molecule has 2 saturated heterocycles. The minimum Gasteiger partial charge on any atom is -0.463 e. The molecule has 44 heavy (non-hydrogen) atoms. The van der Waals surface area contributed by atoms with Gasteiger partial charge in [-0.1, -0.05) is 0 Å². The fraction of sp³-hybridized carbons (Fsp3) is 0.692. The van der Waals surface area contributed by atoms with Gasteiger partial charge in [-0.3, -0.25) is 38.4 Å². The molecular weight excluding hydrogens is 600 g/mol. The largest absolute Gasteiger partial charge is 0.463 e. The molecule has 248 valence electrons. The Hall–Kier alpha value is -4.32. The van der Waals surface area contributed by atoms with Gasteiger partial charge in [-0.05, 0) is 0 Å². The predicted octanol–water partition coefficient (Wildman–Crippen LogP) is -0.598. The average Bonchev–Trinajstić information content (AvgIpc) is 3.14. The number of hydrogen-bond acceptors (Lipinski definition) is 18. The summed E-state index contributed by atoms with van der Waals surface area (Å²) in [6.07, 6.45) is -9.05. The third-order valence-corrected chi connectivity index (χ3v) is 5.19. The molecule has 18 nitrogen and oxygen atoms in total. The van der Waals surface area contributed by atoms with Gasteiger partial charge in [-0.2, -0.15) is 0 Å². The maximum Gasteiger partial charge on any atom is 0.305 e. The van der Waals surface area contributed by atoms with Gasteiger partial charge in [0.25, 0.3) is 0 Å². The standard InChI is InChI=1S/2C13H18O9/c1-6(14)19-10-5-18-13(22-9(4)17)12(21-8(3)16)11(10)20-7(2)15;1-6(14)18-5-10-11(19-7(2)15)12(20-8(3)16)13(22-10)21-9(4)17/h2*10-13H,5H2,1-4H3/t2*10-,11-,12+,13?/m10/s1. The third kappa shape index (κ3) is 13.3. The average molecular weight is 637 g/mol. The second-order valence-corrected chi connectivity index (χ2v) is 9.21. The van der Waals surface area contributed by atoms with Crippen molar-refractivity contribution in [3.63, 3.8) is 0 Å². The van der Waals surface area contributed by atoms with Gasteiger partial charge >= 0.3 is 47.8 Å². The van der Waals surface area contributed by atoms with Crippen molar-refractivity contribution in [1.82, 2.24) is 0 Å². The zero-order chi connectivity index (χ0) is 33.7. The second kappa shape index (κ2) is 17.7. The molecule has 0 saturated carbocycles. The summed E-state index contributed by atoms with van der Waals surface area (Å²) in [7, 11) is 0. The van der Waals surface area contributed by atoms with Gasteiger partial charge in [-0.25, -0.2) is 0 Å². The summed E-state index contributed by atoms with van der Waals surface area (Å²) in [4.78, 5) is 89.1. The molecule has 2 heterocycles. The Balaban J connectivity index is 0.000000440. The molecule has 0 aromatic heterocycles. The van der Waals surface area contributed by atoms with Crippen LogP contribution in [0.3, 0.4) is 0 Å². The molecule has 0 aromatic carbocycles. The van der Waals surface area contributed by atoms with Gasteiger partial charge in [0.2, 0.25) is 24.8 Å². The van der Waals surface area contributed by atoms with E-state index in [0.29, 0.717) is 0 Å². The van der Waals surface area contributed by atoms with E-state index in [9.17, 15) is 38.4 Å². The molecular formula is C26H36O18. The van der Waals surface area contributed by atoms with Gasteiger partial charge in [0.05, 0.1) is 6.61 Å². The molecule has 0 aromatic rings. The van der Waals surface area contributed by atoms with Crippen LogP contribution in [-0.4, -0.2) is 110 Å². The summed E-state index contributed by atoms with van der Waals surface area (Å²) in [5, 5.41) is 0. The summed E-state index contributed by atoms with van der Waals surface area (Å²) in [5.41, 5.74) is 0. The molecule has 0 bridgehead atoms. The van der Waals surface area contributed by atoms with E-state index < -0.39 is 97.0 Å². The molecule has 0 spiro atoms. The Morgan fingerprint density at radius 3 is 1.30 bits per heavy atom. The molecule has 0 N–H and O–H groups in total. The first-order valence-electron chi connectivity index (χ1n) is 13.0. The zero-order valence-electron chi connectivity index (χ0n) is 25.4. The quantitative estimate of drug-likeness (QED) is 0.227. The molecule has 2 aliphatic heterocycles. The third-order valence-electron chi connectivity index (χ3n) is 5.19. The van der Waals surface area contributed by atoms with Crippen LogP contribution < -0.4 is 0 Å². The highest BCUT2D eigenvalue weighted by Crippen LogP contribution is 2.29. The molecule has 0 aliphatic carbocycles. The first-order valence-corrected chi connectivity index (χ1v) is 13.0. The van der Waals surface area contributed by atoms with Crippen molar-refractivity contribution in [3.8, 4) is 0 Å². The summed E-state index contributed by atoms with van der Waals surface area (Å²) in [5.74, 6) is -5.23. The van der Waals surface area contributed by atoms with E-state index in [-0.39, 0.29) is 13.2 Å². The van der Waals surface area contributed by atoms with Crippen molar-refractivity contribution in [2.45, 2.75) is 105 Å². The number of rotatable bonds is 9. The summed E-state index contributed by atoms with van der Waals surface area (Å²) in [6.45, 7) is 8.81. The van der Waals surface area contributed by atoms with Crippen LogP contribution in [0.1, 0.15) is 55.4 Å². The van der Waals surface area contributed by atoms with Crippen LogP contribution >= 0.6 is 0 Å². The maximum absolute atomic E-state index is 11.3. The Morgan fingerprint density at radius 2 is 0.864 bits per heavy atom. The lowest BCUT2D eigenvalue weighted by molar-refractivity contribution is -0.273. The maximum atomic E-state index is 11.3. The van der Waals surface area contributed by atoms with Crippen LogP contribution in [0, 0.1) is 0 Å². The molecule has 2 rings (SSSR count). The second-order valence-electron chi connectivity index (χ2n) is 9.21. The van der Waals surface area contributed by atoms with Crippen LogP contribution in [0.5, 0.6) is 0 Å². The highest BCUT2D eigenvalue weighted by molar-refractivity contribution is 5.70. The van der Waals surface area contributed by atoms with Crippen molar-refractivity contribution in [2.24, 2.45) is 0 Å². The lowest BCUT2D eigenvalue weighted by atomic mass is 10.0. The van der Waals surface area contributed by atoms with Gasteiger partial charge in [0.15, 0.2) is 18.3 Å². The van der Waals surface area contributed by atoms with Crippen molar-refractivity contribution < 1.29 is 85.7 Å². The molecule has 2 unspecified atom stereocenters. The van der Waals surface area contributed by atoms with Crippen LogP contribution in [-0.2, 0) is 85.7 Å². The van der Waals surface area contributed by atoms with Crippen molar-refractivity contribution in [2.75, 3.05) is 13.2 Å². The molecule has 0 amide bonds. The number of carbonyl (C=O) groups is 8. The van der Waals surface area contributed by atoms with E-state index in [4.69, 9.17) is 47.4 Å². The van der Waals surface area contributed by atoms with Crippen molar-refractivity contribution in [3.05, 3.63) is 0 Å². The molecule has 18 heteroatoms. The summed E-state index contributed by atoms with van der Waals surface area (Å²) >= 11 is 0. The van der Waals surface area contributed by atoms with E-state index in [2.05, 4.69) is 0 Å². The van der Waals surface area contributed by atoms with E-state index in [1.807, 2.05) is 0 Å². The monoisotopic (exact) mass is 636 g/mol. The van der Waals surface area contributed by atoms with Crippen molar-refractivity contribution in [1.29, 1.82) is 0 Å². The van der Waals surface area contributed by atoms with Crippen LogP contribution in [0.15, 0.2) is 0 Å². The Kier molecular flexibility index (Phi) is 15.2. The topological polar surface area (TPSA) is 229 Å². The van der Waals surface area contributed by atoms with E-state index in [0.717, 1.165) is 41.5 Å².